The molecule has 3 nitrogen and oxygen atoms in total. The van der Waals surface area contributed by atoms with Gasteiger partial charge in [-0.25, -0.2) is 8.78 Å². The van der Waals surface area contributed by atoms with E-state index >= 15 is 0 Å². The largest absolute Gasteiger partial charge is 0.334 e. The minimum atomic E-state index is -0.905. The highest BCUT2D eigenvalue weighted by atomic mass is 19.2. The van der Waals surface area contributed by atoms with E-state index in [1.54, 1.807) is 0 Å². The summed E-state index contributed by atoms with van der Waals surface area (Å²) in [5, 5.41) is 4.04. The van der Waals surface area contributed by atoms with Crippen molar-refractivity contribution in [2.24, 2.45) is 5.92 Å². The molecule has 0 radical (unpaired) electrons. The standard InChI is InChI=1S/C17H20F2N2O/c1-2-3-11-4-6-12(7-5-11)16-20-17(22-21-16)13-8-9-14(18)15(19)10-13/h8-12H,2-7H2,1H3. The van der Waals surface area contributed by atoms with E-state index in [1.165, 1.54) is 31.7 Å². The van der Waals surface area contributed by atoms with Crippen molar-refractivity contribution in [3.63, 3.8) is 0 Å². The van der Waals surface area contributed by atoms with Gasteiger partial charge in [0.25, 0.3) is 5.89 Å². The van der Waals surface area contributed by atoms with Gasteiger partial charge in [-0.2, -0.15) is 4.98 Å². The molecular weight excluding hydrogens is 286 g/mol. The first kappa shape index (κ1) is 15.1. The molecule has 118 valence electrons. The molecule has 1 saturated carbocycles. The first-order chi connectivity index (χ1) is 10.7. The fourth-order valence-electron chi connectivity index (χ4n) is 3.26. The second kappa shape index (κ2) is 6.55. The molecule has 1 aromatic heterocycles. The Bertz CT molecular complexity index is 633. The van der Waals surface area contributed by atoms with Gasteiger partial charge < -0.3 is 4.52 Å². The normalized spacial score (nSPS) is 22.0. The zero-order valence-corrected chi connectivity index (χ0v) is 12.7. The molecule has 0 N–H and O–H groups in total. The Morgan fingerprint density at radius 2 is 1.91 bits per heavy atom. The average Bonchev–Trinajstić information content (AvgIpc) is 3.01. The zero-order chi connectivity index (χ0) is 15.5. The first-order valence-electron chi connectivity index (χ1n) is 7.96. The van der Waals surface area contributed by atoms with Crippen LogP contribution in [0, 0.1) is 17.6 Å². The van der Waals surface area contributed by atoms with Crippen LogP contribution >= 0.6 is 0 Å². The van der Waals surface area contributed by atoms with Crippen molar-refractivity contribution in [3.05, 3.63) is 35.7 Å². The number of benzene rings is 1. The lowest BCUT2D eigenvalue weighted by atomic mass is 9.80. The molecule has 2 aromatic rings. The van der Waals surface area contributed by atoms with Crippen LogP contribution in [0.4, 0.5) is 8.78 Å². The Morgan fingerprint density at radius 3 is 2.59 bits per heavy atom. The van der Waals surface area contributed by atoms with Crippen LogP contribution in [0.1, 0.15) is 57.2 Å². The predicted molar refractivity (Wildman–Crippen MR) is 79.3 cm³/mol. The molecule has 3 rings (SSSR count). The SMILES string of the molecule is CCCC1CCC(c2noc(-c3ccc(F)c(F)c3)n2)CC1. The van der Waals surface area contributed by atoms with Crippen LogP contribution in [0.15, 0.2) is 22.7 Å². The number of hydrogen-bond donors (Lipinski definition) is 0. The van der Waals surface area contributed by atoms with Gasteiger partial charge in [0, 0.05) is 11.5 Å². The van der Waals surface area contributed by atoms with Gasteiger partial charge in [-0.05, 0) is 49.8 Å². The molecule has 5 heteroatoms. The van der Waals surface area contributed by atoms with Crippen LogP contribution in [0.2, 0.25) is 0 Å². The molecule has 22 heavy (non-hydrogen) atoms. The molecule has 1 aromatic carbocycles. The van der Waals surface area contributed by atoms with E-state index < -0.39 is 11.6 Å². The summed E-state index contributed by atoms with van der Waals surface area (Å²) in [7, 11) is 0. The average molecular weight is 306 g/mol. The molecule has 1 heterocycles. The summed E-state index contributed by atoms with van der Waals surface area (Å²) in [6.07, 6.45) is 7.07. The topological polar surface area (TPSA) is 38.9 Å². The van der Waals surface area contributed by atoms with Crippen molar-refractivity contribution >= 4 is 0 Å². The van der Waals surface area contributed by atoms with E-state index in [9.17, 15) is 8.78 Å². The molecule has 0 spiro atoms. The Hall–Kier alpha value is -1.78. The van der Waals surface area contributed by atoms with E-state index in [1.807, 2.05) is 0 Å². The van der Waals surface area contributed by atoms with E-state index in [4.69, 9.17) is 4.52 Å². The molecule has 0 bridgehead atoms. The number of halogens is 2. The molecule has 1 fully saturated rings. The van der Waals surface area contributed by atoms with Gasteiger partial charge in [-0.1, -0.05) is 24.9 Å². The molecule has 0 unspecified atom stereocenters. The second-order valence-electron chi connectivity index (χ2n) is 6.09. The van der Waals surface area contributed by atoms with Gasteiger partial charge in [-0.3, -0.25) is 0 Å². The van der Waals surface area contributed by atoms with Gasteiger partial charge >= 0.3 is 0 Å². The highest BCUT2D eigenvalue weighted by Gasteiger charge is 2.25. The summed E-state index contributed by atoms with van der Waals surface area (Å²) in [5.41, 5.74) is 0.414. The second-order valence-corrected chi connectivity index (χ2v) is 6.09. The van der Waals surface area contributed by atoms with Crippen LogP contribution < -0.4 is 0 Å². The highest BCUT2D eigenvalue weighted by Crippen LogP contribution is 2.36. The Morgan fingerprint density at radius 1 is 1.14 bits per heavy atom. The van der Waals surface area contributed by atoms with E-state index in [0.717, 1.165) is 30.9 Å². The highest BCUT2D eigenvalue weighted by molar-refractivity contribution is 5.52. The van der Waals surface area contributed by atoms with Gasteiger partial charge in [0.05, 0.1) is 0 Å². The van der Waals surface area contributed by atoms with Crippen LogP contribution in [0.5, 0.6) is 0 Å². The molecule has 1 aliphatic carbocycles. The van der Waals surface area contributed by atoms with Crippen LogP contribution in [-0.4, -0.2) is 10.1 Å². The first-order valence-corrected chi connectivity index (χ1v) is 7.96. The fourth-order valence-corrected chi connectivity index (χ4v) is 3.26. The maximum Gasteiger partial charge on any atom is 0.258 e. The van der Waals surface area contributed by atoms with Crippen molar-refractivity contribution in [1.29, 1.82) is 0 Å². The van der Waals surface area contributed by atoms with Crippen molar-refractivity contribution in [3.8, 4) is 11.5 Å². The van der Waals surface area contributed by atoms with Crippen molar-refractivity contribution < 1.29 is 13.3 Å². The number of hydrogen-bond acceptors (Lipinski definition) is 3. The quantitative estimate of drug-likeness (QED) is 0.790. The minimum absolute atomic E-state index is 0.254. The van der Waals surface area contributed by atoms with Crippen LogP contribution in [0.25, 0.3) is 11.5 Å². The maximum absolute atomic E-state index is 13.3. The van der Waals surface area contributed by atoms with E-state index in [2.05, 4.69) is 17.1 Å². The van der Waals surface area contributed by atoms with Crippen molar-refractivity contribution in [2.45, 2.75) is 51.4 Å². The lowest BCUT2D eigenvalue weighted by molar-refractivity contribution is 0.296. The number of rotatable bonds is 4. The van der Waals surface area contributed by atoms with E-state index in [-0.39, 0.29) is 5.89 Å². The molecule has 1 aliphatic rings. The third kappa shape index (κ3) is 3.18. The fraction of sp³-hybridized carbons (Fsp3) is 0.529. The van der Waals surface area contributed by atoms with Gasteiger partial charge in [-0.15, -0.1) is 0 Å². The van der Waals surface area contributed by atoms with Gasteiger partial charge in [0.2, 0.25) is 0 Å². The summed E-state index contributed by atoms with van der Waals surface area (Å²) < 4.78 is 31.5. The monoisotopic (exact) mass is 306 g/mol. The third-order valence-corrected chi connectivity index (χ3v) is 4.52. The summed E-state index contributed by atoms with van der Waals surface area (Å²) in [6, 6.07) is 3.61. The van der Waals surface area contributed by atoms with E-state index in [0.29, 0.717) is 17.3 Å². The molecule has 0 aliphatic heterocycles. The Balaban J connectivity index is 1.70. The predicted octanol–water partition coefficient (Wildman–Crippen LogP) is 5.09. The molecule has 0 atom stereocenters. The molecule has 0 saturated heterocycles. The summed E-state index contributed by atoms with van der Waals surface area (Å²) in [5.74, 6) is 0.295. The molecular formula is C17H20F2N2O. The van der Waals surface area contributed by atoms with Crippen molar-refractivity contribution in [2.75, 3.05) is 0 Å². The summed E-state index contributed by atoms with van der Waals surface area (Å²) >= 11 is 0. The van der Waals surface area contributed by atoms with Gasteiger partial charge in [0.15, 0.2) is 17.5 Å². The lowest BCUT2D eigenvalue weighted by Crippen LogP contribution is -2.14. The van der Waals surface area contributed by atoms with Crippen LogP contribution in [0.3, 0.4) is 0 Å². The Labute approximate surface area is 128 Å². The third-order valence-electron chi connectivity index (χ3n) is 4.52. The van der Waals surface area contributed by atoms with Gasteiger partial charge in [0.1, 0.15) is 0 Å². The summed E-state index contributed by atoms with van der Waals surface area (Å²) in [4.78, 5) is 4.38. The van der Waals surface area contributed by atoms with Crippen molar-refractivity contribution in [1.82, 2.24) is 10.1 Å². The summed E-state index contributed by atoms with van der Waals surface area (Å²) in [6.45, 7) is 2.22. The number of nitrogens with zero attached hydrogens (tertiary/aromatic N) is 2. The lowest BCUT2D eigenvalue weighted by Gasteiger charge is -2.26. The van der Waals surface area contributed by atoms with Crippen LogP contribution in [-0.2, 0) is 0 Å². The molecule has 0 amide bonds. The minimum Gasteiger partial charge on any atom is -0.334 e. The maximum atomic E-state index is 13.3. The number of aromatic nitrogens is 2. The smallest absolute Gasteiger partial charge is 0.258 e. The Kier molecular flexibility index (Phi) is 4.50. The zero-order valence-electron chi connectivity index (χ0n) is 12.7.